The molecule has 0 aromatic heterocycles. The maximum absolute atomic E-state index is 13.0. The van der Waals surface area contributed by atoms with Crippen molar-refractivity contribution in [2.45, 2.75) is 11.8 Å². The van der Waals surface area contributed by atoms with Crippen molar-refractivity contribution in [2.75, 3.05) is 5.32 Å². The van der Waals surface area contributed by atoms with Gasteiger partial charge in [0.1, 0.15) is 4.90 Å². The molecule has 9 heteroatoms. The first-order valence-electron chi connectivity index (χ1n) is 6.95. The molecule has 0 aliphatic carbocycles. The molecular formula is C16H13FN2O5S. The molecule has 0 saturated heterocycles. The highest BCUT2D eigenvalue weighted by Crippen LogP contribution is 2.21. The molecule has 0 aliphatic rings. The summed E-state index contributed by atoms with van der Waals surface area (Å²) in [6.07, 6.45) is 2.68. The number of rotatable bonds is 5. The first kappa shape index (κ1) is 18.3. The third-order valence-corrected chi connectivity index (χ3v) is 4.22. The van der Waals surface area contributed by atoms with Crippen LogP contribution in [0.3, 0.4) is 0 Å². The molecule has 0 radical (unpaired) electrons. The van der Waals surface area contributed by atoms with Crippen molar-refractivity contribution in [1.29, 1.82) is 0 Å². The van der Waals surface area contributed by atoms with Crippen LogP contribution in [0.4, 0.5) is 15.3 Å². The lowest BCUT2D eigenvalue weighted by atomic mass is 10.2. The van der Waals surface area contributed by atoms with E-state index < -0.39 is 25.9 Å². The summed E-state index contributed by atoms with van der Waals surface area (Å²) in [4.78, 5) is 21.4. The fourth-order valence-corrected chi connectivity index (χ4v) is 2.74. The van der Waals surface area contributed by atoms with Gasteiger partial charge in [-0.15, -0.1) is 3.89 Å². The summed E-state index contributed by atoms with van der Waals surface area (Å²) >= 11 is 0. The van der Waals surface area contributed by atoms with Gasteiger partial charge in [-0.25, -0.2) is 0 Å². The number of hydrogen-bond acceptors (Lipinski definition) is 5. The number of aryl methyl sites for hydroxylation is 1. The van der Waals surface area contributed by atoms with Crippen LogP contribution in [0.5, 0.6) is 0 Å². The quantitative estimate of drug-likeness (QED) is 0.379. The molecule has 0 fully saturated rings. The lowest BCUT2D eigenvalue weighted by Crippen LogP contribution is -2.08. The Morgan fingerprint density at radius 1 is 1.20 bits per heavy atom. The van der Waals surface area contributed by atoms with Crippen LogP contribution in [0.1, 0.15) is 11.1 Å². The molecule has 0 unspecified atom stereocenters. The van der Waals surface area contributed by atoms with Crippen LogP contribution in [0.2, 0.25) is 0 Å². The van der Waals surface area contributed by atoms with Crippen LogP contribution >= 0.6 is 0 Å². The molecule has 2 aromatic rings. The molecule has 1 N–H and O–H groups in total. The summed E-state index contributed by atoms with van der Waals surface area (Å²) in [5.74, 6) is -0.492. The first-order chi connectivity index (χ1) is 11.7. The van der Waals surface area contributed by atoms with Gasteiger partial charge < -0.3 is 5.32 Å². The SMILES string of the molecule is Cc1cc(NC(=O)/C=C\c2ccc([N+](=O)[O-])cc2)ccc1S(=O)(=O)F. The van der Waals surface area contributed by atoms with Crippen molar-refractivity contribution in [1.82, 2.24) is 0 Å². The number of non-ortho nitro benzene ring substituents is 1. The van der Waals surface area contributed by atoms with Crippen LogP contribution in [-0.4, -0.2) is 19.2 Å². The Kier molecular flexibility index (Phi) is 5.28. The Morgan fingerprint density at radius 2 is 1.84 bits per heavy atom. The molecule has 25 heavy (non-hydrogen) atoms. The highest BCUT2D eigenvalue weighted by Gasteiger charge is 2.15. The predicted octanol–water partition coefficient (Wildman–Crippen LogP) is 3.21. The Labute approximate surface area is 143 Å². The van der Waals surface area contributed by atoms with Crippen LogP contribution < -0.4 is 5.32 Å². The third-order valence-electron chi connectivity index (χ3n) is 3.24. The van der Waals surface area contributed by atoms with Gasteiger partial charge in [0.25, 0.3) is 5.69 Å². The number of carbonyl (C=O) groups excluding carboxylic acids is 1. The van der Waals surface area contributed by atoms with Crippen LogP contribution in [-0.2, 0) is 15.0 Å². The topological polar surface area (TPSA) is 106 Å². The number of carbonyl (C=O) groups is 1. The molecule has 0 spiro atoms. The molecule has 7 nitrogen and oxygen atoms in total. The lowest BCUT2D eigenvalue weighted by Gasteiger charge is -2.06. The molecule has 2 rings (SSSR count). The predicted molar refractivity (Wildman–Crippen MR) is 90.2 cm³/mol. The van der Waals surface area contributed by atoms with Crippen molar-refractivity contribution in [3.05, 3.63) is 69.8 Å². The Morgan fingerprint density at radius 3 is 2.36 bits per heavy atom. The number of nitrogens with zero attached hydrogens (tertiary/aromatic N) is 1. The molecule has 0 aliphatic heterocycles. The number of nitro groups is 1. The molecule has 0 atom stereocenters. The highest BCUT2D eigenvalue weighted by atomic mass is 32.3. The third kappa shape index (κ3) is 4.95. The summed E-state index contributed by atoms with van der Waals surface area (Å²) in [5, 5.41) is 13.1. The average Bonchev–Trinajstić information content (AvgIpc) is 2.52. The van der Waals surface area contributed by atoms with Crippen molar-refractivity contribution in [3.63, 3.8) is 0 Å². The number of nitrogens with one attached hydrogen (secondary N) is 1. The zero-order valence-electron chi connectivity index (χ0n) is 13.0. The van der Waals surface area contributed by atoms with Gasteiger partial charge in [-0.2, -0.15) is 8.42 Å². The number of benzene rings is 2. The molecule has 0 saturated carbocycles. The van der Waals surface area contributed by atoms with Crippen LogP contribution in [0.25, 0.3) is 6.08 Å². The number of halogens is 1. The van der Waals surface area contributed by atoms with E-state index in [4.69, 9.17) is 0 Å². The number of anilines is 1. The van der Waals surface area contributed by atoms with Gasteiger partial charge in [-0.3, -0.25) is 14.9 Å². The molecule has 2 aromatic carbocycles. The van der Waals surface area contributed by atoms with Crippen molar-refractivity contribution in [3.8, 4) is 0 Å². The maximum atomic E-state index is 13.0. The summed E-state index contributed by atoms with van der Waals surface area (Å²) in [7, 11) is -4.81. The Bertz CT molecular complexity index is 953. The second kappa shape index (κ2) is 7.22. The van der Waals surface area contributed by atoms with Gasteiger partial charge in [0.2, 0.25) is 5.91 Å². The summed E-state index contributed by atoms with van der Waals surface area (Å²) in [6.45, 7) is 1.41. The molecule has 0 bridgehead atoms. The van der Waals surface area contributed by atoms with E-state index in [0.717, 1.165) is 6.07 Å². The minimum atomic E-state index is -4.81. The van der Waals surface area contributed by atoms with Gasteiger partial charge in [-0.1, -0.05) is 0 Å². The summed E-state index contributed by atoms with van der Waals surface area (Å²) < 4.78 is 34.8. The highest BCUT2D eigenvalue weighted by molar-refractivity contribution is 7.86. The molecule has 1 amide bonds. The second-order valence-corrected chi connectivity index (χ2v) is 6.40. The normalized spacial score (nSPS) is 11.4. The van der Waals surface area contributed by atoms with Gasteiger partial charge >= 0.3 is 10.2 Å². The van der Waals surface area contributed by atoms with E-state index in [1.807, 2.05) is 0 Å². The van der Waals surface area contributed by atoms with Crippen molar-refractivity contribution in [2.24, 2.45) is 0 Å². The van der Waals surface area contributed by atoms with Crippen molar-refractivity contribution >= 4 is 33.6 Å². The fraction of sp³-hybridized carbons (Fsp3) is 0.0625. The van der Waals surface area contributed by atoms with E-state index in [-0.39, 0.29) is 11.3 Å². The molecule has 0 heterocycles. The van der Waals surface area contributed by atoms with E-state index in [9.17, 15) is 27.2 Å². The monoisotopic (exact) mass is 364 g/mol. The minimum absolute atomic E-state index is 0.0556. The van der Waals surface area contributed by atoms with E-state index >= 15 is 0 Å². The van der Waals surface area contributed by atoms with Gasteiger partial charge in [-0.05, 0) is 54.5 Å². The first-order valence-corrected chi connectivity index (χ1v) is 8.34. The largest absolute Gasteiger partial charge is 0.332 e. The average molecular weight is 364 g/mol. The Hall–Kier alpha value is -3.07. The standard InChI is InChI=1S/C16H13FN2O5S/c1-11-10-13(5-8-15(11)25(17,23)24)18-16(20)9-4-12-2-6-14(7-3-12)19(21)22/h2-10H,1H3,(H,18,20)/b9-4-. The zero-order chi connectivity index (χ0) is 18.6. The Balaban J connectivity index is 2.07. The minimum Gasteiger partial charge on any atom is -0.323 e. The fourth-order valence-electron chi connectivity index (χ4n) is 2.06. The van der Waals surface area contributed by atoms with Gasteiger partial charge in [0.15, 0.2) is 0 Å². The van der Waals surface area contributed by atoms with Crippen LogP contribution in [0, 0.1) is 17.0 Å². The summed E-state index contributed by atoms with van der Waals surface area (Å²) in [5.41, 5.74) is 1.01. The van der Waals surface area contributed by atoms with E-state index in [0.29, 0.717) is 11.3 Å². The molecule has 130 valence electrons. The van der Waals surface area contributed by atoms with E-state index in [2.05, 4.69) is 5.32 Å². The smallest absolute Gasteiger partial charge is 0.323 e. The maximum Gasteiger partial charge on any atom is 0.332 e. The van der Waals surface area contributed by atoms with Gasteiger partial charge in [0.05, 0.1) is 4.92 Å². The van der Waals surface area contributed by atoms with Crippen LogP contribution in [0.15, 0.2) is 53.4 Å². The van der Waals surface area contributed by atoms with E-state index in [1.54, 1.807) is 0 Å². The van der Waals surface area contributed by atoms with E-state index in [1.165, 1.54) is 55.5 Å². The van der Waals surface area contributed by atoms with Crippen molar-refractivity contribution < 1.29 is 22.0 Å². The zero-order valence-corrected chi connectivity index (χ0v) is 13.8. The van der Waals surface area contributed by atoms with Gasteiger partial charge in [0, 0.05) is 23.9 Å². The summed E-state index contributed by atoms with van der Waals surface area (Å²) in [6, 6.07) is 9.30. The number of amides is 1. The lowest BCUT2D eigenvalue weighted by molar-refractivity contribution is -0.384. The molecular weight excluding hydrogens is 351 g/mol. The number of nitro benzene ring substituents is 1. The number of hydrogen-bond donors (Lipinski definition) is 1. The second-order valence-electron chi connectivity index (χ2n) is 5.09.